The molecular weight excluding hydrogens is 337 g/mol. The molecule has 2 rings (SSSR count). The van der Waals surface area contributed by atoms with Gasteiger partial charge in [0.2, 0.25) is 5.91 Å². The third-order valence-corrected chi connectivity index (χ3v) is 5.06. The highest BCUT2D eigenvalue weighted by molar-refractivity contribution is 6.36. The van der Waals surface area contributed by atoms with Crippen molar-refractivity contribution in [2.45, 2.75) is 44.6 Å². The Hall–Kier alpha value is -1.26. The van der Waals surface area contributed by atoms with Gasteiger partial charge in [0.25, 0.3) is 0 Å². The van der Waals surface area contributed by atoms with Gasteiger partial charge in [0.15, 0.2) is 0 Å². The molecule has 2 unspecified atom stereocenters. The van der Waals surface area contributed by atoms with Crippen LogP contribution in [-0.2, 0) is 20.7 Å². The molecule has 0 saturated heterocycles. The highest BCUT2D eigenvalue weighted by atomic mass is 35.5. The van der Waals surface area contributed by atoms with E-state index in [4.69, 9.17) is 27.9 Å². The van der Waals surface area contributed by atoms with Gasteiger partial charge in [-0.05, 0) is 36.5 Å². The number of amides is 1. The zero-order valence-corrected chi connectivity index (χ0v) is 14.8. The molecule has 6 heteroatoms. The Labute approximate surface area is 146 Å². The lowest BCUT2D eigenvalue weighted by atomic mass is 9.76. The monoisotopic (exact) mass is 357 g/mol. The Kier molecular flexibility index (Phi) is 5.93. The Morgan fingerprint density at radius 1 is 1.35 bits per heavy atom. The summed E-state index contributed by atoms with van der Waals surface area (Å²) in [4.78, 5) is 24.7. The second kappa shape index (κ2) is 7.54. The molecule has 1 amide bonds. The summed E-state index contributed by atoms with van der Waals surface area (Å²) in [6.07, 6.45) is 3.13. The van der Waals surface area contributed by atoms with Crippen LogP contribution in [0.4, 0.5) is 0 Å². The van der Waals surface area contributed by atoms with Gasteiger partial charge in [-0.2, -0.15) is 0 Å². The standard InChI is InChI=1S/C17H21Cl2NO3/c1-11-5-4-8-17(10-11,16(22)23-2)20-15(21)9-12-13(18)6-3-7-14(12)19/h3,6-7,11H,4-5,8-10H2,1-2H3,(H,20,21). The molecule has 1 aliphatic carbocycles. The van der Waals surface area contributed by atoms with Crippen molar-refractivity contribution in [3.8, 4) is 0 Å². The smallest absolute Gasteiger partial charge is 0.331 e. The maximum Gasteiger partial charge on any atom is 0.331 e. The Bertz CT molecular complexity index is 585. The molecule has 0 heterocycles. The number of rotatable bonds is 4. The first-order valence-corrected chi connectivity index (χ1v) is 8.46. The minimum atomic E-state index is -0.947. The van der Waals surface area contributed by atoms with Crippen LogP contribution >= 0.6 is 23.2 Å². The third kappa shape index (κ3) is 4.18. The maximum absolute atomic E-state index is 12.5. The van der Waals surface area contributed by atoms with Crippen molar-refractivity contribution in [1.29, 1.82) is 0 Å². The summed E-state index contributed by atoms with van der Waals surface area (Å²) in [5, 5.41) is 3.77. The van der Waals surface area contributed by atoms with Crippen LogP contribution in [-0.4, -0.2) is 24.5 Å². The lowest BCUT2D eigenvalue weighted by Gasteiger charge is -2.38. The van der Waals surface area contributed by atoms with Crippen LogP contribution in [0, 0.1) is 5.92 Å². The van der Waals surface area contributed by atoms with Crippen LogP contribution in [0.3, 0.4) is 0 Å². The van der Waals surface area contributed by atoms with E-state index in [0.29, 0.717) is 34.4 Å². The molecule has 1 aromatic rings. The topological polar surface area (TPSA) is 55.4 Å². The highest BCUT2D eigenvalue weighted by Gasteiger charge is 2.44. The molecule has 2 atom stereocenters. The third-order valence-electron chi connectivity index (χ3n) is 4.35. The van der Waals surface area contributed by atoms with Gasteiger partial charge in [-0.3, -0.25) is 4.79 Å². The van der Waals surface area contributed by atoms with Crippen LogP contribution in [0.1, 0.15) is 38.2 Å². The molecule has 0 radical (unpaired) electrons. The van der Waals surface area contributed by atoms with Gasteiger partial charge in [0, 0.05) is 10.0 Å². The average molecular weight is 358 g/mol. The lowest BCUT2D eigenvalue weighted by Crippen LogP contribution is -2.57. The Morgan fingerprint density at radius 3 is 2.57 bits per heavy atom. The molecule has 4 nitrogen and oxygen atoms in total. The van der Waals surface area contributed by atoms with Crippen LogP contribution in [0.15, 0.2) is 18.2 Å². The number of nitrogens with one attached hydrogen (secondary N) is 1. The first-order valence-electron chi connectivity index (χ1n) is 7.70. The zero-order chi connectivity index (χ0) is 17.0. The fourth-order valence-electron chi connectivity index (χ4n) is 3.27. The van der Waals surface area contributed by atoms with Crippen molar-refractivity contribution in [2.75, 3.05) is 7.11 Å². The Balaban J connectivity index is 2.16. The van der Waals surface area contributed by atoms with Crippen molar-refractivity contribution < 1.29 is 14.3 Å². The highest BCUT2D eigenvalue weighted by Crippen LogP contribution is 2.33. The molecule has 0 aromatic heterocycles. The molecule has 23 heavy (non-hydrogen) atoms. The zero-order valence-electron chi connectivity index (χ0n) is 13.3. The molecular formula is C17H21Cl2NO3. The van der Waals surface area contributed by atoms with E-state index in [1.807, 2.05) is 0 Å². The number of esters is 1. The first kappa shape index (κ1) is 18.1. The van der Waals surface area contributed by atoms with Gasteiger partial charge in [-0.25, -0.2) is 4.79 Å². The summed E-state index contributed by atoms with van der Waals surface area (Å²) < 4.78 is 4.93. The summed E-state index contributed by atoms with van der Waals surface area (Å²) in [5.41, 5.74) is -0.380. The number of benzene rings is 1. The minimum Gasteiger partial charge on any atom is -0.467 e. The number of hydrogen-bond donors (Lipinski definition) is 1. The quantitative estimate of drug-likeness (QED) is 0.834. The van der Waals surface area contributed by atoms with E-state index < -0.39 is 5.54 Å². The second-order valence-corrected chi connectivity index (χ2v) is 7.01. The molecule has 1 saturated carbocycles. The summed E-state index contributed by atoms with van der Waals surface area (Å²) in [6, 6.07) is 5.11. The number of ether oxygens (including phenoxy) is 1. The molecule has 0 spiro atoms. The van der Waals surface area contributed by atoms with Gasteiger partial charge in [0.1, 0.15) is 5.54 Å². The van der Waals surface area contributed by atoms with Gasteiger partial charge in [-0.15, -0.1) is 0 Å². The lowest BCUT2D eigenvalue weighted by molar-refractivity contribution is -0.153. The van der Waals surface area contributed by atoms with Gasteiger partial charge < -0.3 is 10.1 Å². The molecule has 0 aliphatic heterocycles. The molecule has 1 N–H and O–H groups in total. The summed E-state index contributed by atoms with van der Waals surface area (Å²) in [7, 11) is 1.35. The number of carbonyl (C=O) groups excluding carboxylic acids is 2. The van der Waals surface area contributed by atoms with E-state index in [1.54, 1.807) is 18.2 Å². The maximum atomic E-state index is 12.5. The Morgan fingerprint density at radius 2 is 2.00 bits per heavy atom. The summed E-state index contributed by atoms with van der Waals surface area (Å²) >= 11 is 12.2. The summed E-state index contributed by atoms with van der Waals surface area (Å²) in [5.74, 6) is -0.311. The predicted octanol–water partition coefficient (Wildman–Crippen LogP) is 3.77. The van der Waals surface area contributed by atoms with E-state index in [2.05, 4.69) is 12.2 Å². The van der Waals surface area contributed by atoms with E-state index >= 15 is 0 Å². The fraction of sp³-hybridized carbons (Fsp3) is 0.529. The molecule has 0 bridgehead atoms. The van der Waals surface area contributed by atoms with E-state index in [1.165, 1.54) is 7.11 Å². The molecule has 1 aliphatic rings. The van der Waals surface area contributed by atoms with Crippen LogP contribution in [0.5, 0.6) is 0 Å². The normalized spacial score (nSPS) is 24.1. The summed E-state index contributed by atoms with van der Waals surface area (Å²) in [6.45, 7) is 2.08. The first-order chi connectivity index (χ1) is 10.9. The SMILES string of the molecule is COC(=O)C1(NC(=O)Cc2c(Cl)cccc2Cl)CCCC(C)C1. The second-order valence-electron chi connectivity index (χ2n) is 6.20. The van der Waals surface area contributed by atoms with Crippen molar-refractivity contribution in [2.24, 2.45) is 5.92 Å². The molecule has 1 aromatic carbocycles. The van der Waals surface area contributed by atoms with E-state index in [0.717, 1.165) is 12.8 Å². The average Bonchev–Trinajstić information content (AvgIpc) is 2.50. The van der Waals surface area contributed by atoms with Crippen molar-refractivity contribution in [1.82, 2.24) is 5.32 Å². The number of halogens is 2. The van der Waals surface area contributed by atoms with Crippen molar-refractivity contribution in [3.05, 3.63) is 33.8 Å². The van der Waals surface area contributed by atoms with Crippen LogP contribution < -0.4 is 5.32 Å². The van der Waals surface area contributed by atoms with Crippen LogP contribution in [0.25, 0.3) is 0 Å². The predicted molar refractivity (Wildman–Crippen MR) is 90.7 cm³/mol. The van der Waals surface area contributed by atoms with Gasteiger partial charge in [-0.1, -0.05) is 49.0 Å². The van der Waals surface area contributed by atoms with Gasteiger partial charge >= 0.3 is 5.97 Å². The van der Waals surface area contributed by atoms with E-state index in [9.17, 15) is 9.59 Å². The number of carbonyl (C=O) groups is 2. The number of hydrogen-bond acceptors (Lipinski definition) is 3. The van der Waals surface area contributed by atoms with Crippen LogP contribution in [0.2, 0.25) is 10.0 Å². The van der Waals surface area contributed by atoms with Crippen molar-refractivity contribution in [3.63, 3.8) is 0 Å². The molecule has 126 valence electrons. The van der Waals surface area contributed by atoms with Gasteiger partial charge in [0.05, 0.1) is 13.5 Å². The number of methoxy groups -OCH3 is 1. The van der Waals surface area contributed by atoms with E-state index in [-0.39, 0.29) is 18.3 Å². The minimum absolute atomic E-state index is 0.0334. The largest absolute Gasteiger partial charge is 0.467 e. The van der Waals surface area contributed by atoms with Crippen molar-refractivity contribution >= 4 is 35.1 Å². The fourth-order valence-corrected chi connectivity index (χ4v) is 3.80. The molecule has 1 fully saturated rings.